The van der Waals surface area contributed by atoms with Crippen LogP contribution in [0.15, 0.2) is 48.8 Å². The lowest BCUT2D eigenvalue weighted by Gasteiger charge is -2.17. The third-order valence-corrected chi connectivity index (χ3v) is 5.71. The highest BCUT2D eigenvalue weighted by Gasteiger charge is 2.21. The Labute approximate surface area is 193 Å². The fraction of sp³-hybridized carbons (Fsp3) is 0.130. The molecule has 0 bridgehead atoms. The van der Waals surface area contributed by atoms with E-state index in [9.17, 15) is 4.79 Å². The van der Waals surface area contributed by atoms with Gasteiger partial charge in [0.1, 0.15) is 17.2 Å². The van der Waals surface area contributed by atoms with E-state index < -0.39 is 0 Å². The molecule has 5 aromatic rings. The molecule has 0 atom stereocenters. The number of benzene rings is 1. The number of anilines is 3. The number of pyridine rings is 1. The minimum Gasteiger partial charge on any atom is -0.368 e. The number of amides is 1. The molecule has 0 fully saturated rings. The zero-order valence-electron chi connectivity index (χ0n) is 18.2. The lowest BCUT2D eigenvalue weighted by Crippen LogP contribution is -2.31. The Balaban J connectivity index is 1.53. The highest BCUT2D eigenvalue weighted by atomic mass is 16.1. The lowest BCUT2D eigenvalue weighted by molar-refractivity contribution is 0.0946. The molecule has 0 spiro atoms. The number of rotatable bonds is 4. The third-order valence-electron chi connectivity index (χ3n) is 5.71. The average molecular weight is 452 g/mol. The van der Waals surface area contributed by atoms with Crippen molar-refractivity contribution in [2.24, 2.45) is 0 Å². The molecule has 34 heavy (non-hydrogen) atoms. The topological polar surface area (TPSA) is 152 Å². The van der Waals surface area contributed by atoms with E-state index in [1.807, 2.05) is 34.9 Å². The standard InChI is InChI=1S/C23H20N10O/c1-12-27-20(31-23(24)28-12)19-21(29-17-7-9-26-32-17)30-18-5-3-15(11-33(18)19)13-2-4-16-14(10-13)6-8-25-22(16)34/h2-5,7,9-11H,6,8H2,1H3,(H,25,34)(H2,26,29,32)(H2,24,27,28,31). The van der Waals surface area contributed by atoms with Crippen LogP contribution in [0, 0.1) is 6.92 Å². The normalized spacial score (nSPS) is 13.0. The molecule has 0 aliphatic carbocycles. The monoisotopic (exact) mass is 452 g/mol. The van der Waals surface area contributed by atoms with Gasteiger partial charge in [0, 0.05) is 30.6 Å². The molecule has 1 aromatic carbocycles. The number of nitrogens with zero attached hydrogens (tertiary/aromatic N) is 6. The highest BCUT2D eigenvalue weighted by Crippen LogP contribution is 2.32. The van der Waals surface area contributed by atoms with Gasteiger partial charge in [-0.1, -0.05) is 12.1 Å². The molecule has 168 valence electrons. The first-order valence-corrected chi connectivity index (χ1v) is 10.7. The Morgan fingerprint density at radius 2 is 1.94 bits per heavy atom. The summed E-state index contributed by atoms with van der Waals surface area (Å²) < 4.78 is 1.92. The number of imidazole rings is 1. The predicted molar refractivity (Wildman–Crippen MR) is 127 cm³/mol. The number of H-pyrrole nitrogens is 1. The summed E-state index contributed by atoms with van der Waals surface area (Å²) in [5.74, 6) is 2.15. The van der Waals surface area contributed by atoms with Crippen LogP contribution in [0.3, 0.4) is 0 Å². The van der Waals surface area contributed by atoms with E-state index in [1.54, 1.807) is 19.2 Å². The number of aromatic amines is 1. The van der Waals surface area contributed by atoms with E-state index in [1.165, 1.54) is 0 Å². The number of hydrogen-bond donors (Lipinski definition) is 4. The third kappa shape index (κ3) is 3.39. The smallest absolute Gasteiger partial charge is 0.251 e. The molecule has 1 aliphatic rings. The van der Waals surface area contributed by atoms with Crippen LogP contribution in [-0.4, -0.2) is 47.0 Å². The summed E-state index contributed by atoms with van der Waals surface area (Å²) in [7, 11) is 0. The van der Waals surface area contributed by atoms with Gasteiger partial charge >= 0.3 is 0 Å². The number of nitrogen functional groups attached to an aromatic ring is 1. The van der Waals surface area contributed by atoms with Gasteiger partial charge in [-0.25, -0.2) is 9.97 Å². The number of aromatic nitrogens is 7. The molecule has 0 saturated carbocycles. The molecule has 0 radical (unpaired) electrons. The Kier molecular flexibility index (Phi) is 4.47. The molecular weight excluding hydrogens is 432 g/mol. The van der Waals surface area contributed by atoms with Crippen molar-refractivity contribution in [1.82, 2.24) is 39.9 Å². The molecule has 0 saturated heterocycles. The van der Waals surface area contributed by atoms with Gasteiger partial charge < -0.3 is 16.4 Å². The van der Waals surface area contributed by atoms with Crippen molar-refractivity contribution in [3.8, 4) is 22.6 Å². The fourth-order valence-electron chi connectivity index (χ4n) is 4.18. The number of nitrogens with one attached hydrogen (secondary N) is 3. The molecule has 1 aliphatic heterocycles. The number of carbonyl (C=O) groups excluding carboxylic acids is 1. The van der Waals surface area contributed by atoms with E-state index in [2.05, 4.69) is 41.8 Å². The van der Waals surface area contributed by atoms with Crippen LogP contribution in [0.5, 0.6) is 0 Å². The maximum atomic E-state index is 12.1. The number of hydrogen-bond acceptors (Lipinski definition) is 8. The van der Waals surface area contributed by atoms with Crippen molar-refractivity contribution in [1.29, 1.82) is 0 Å². The summed E-state index contributed by atoms with van der Waals surface area (Å²) in [5.41, 5.74) is 11.0. The Morgan fingerprint density at radius 3 is 2.76 bits per heavy atom. The second-order valence-electron chi connectivity index (χ2n) is 7.98. The molecule has 11 nitrogen and oxygen atoms in total. The summed E-state index contributed by atoms with van der Waals surface area (Å²) in [6.45, 7) is 2.41. The van der Waals surface area contributed by atoms with Crippen LogP contribution < -0.4 is 16.4 Å². The van der Waals surface area contributed by atoms with Crippen LogP contribution in [-0.2, 0) is 6.42 Å². The quantitative estimate of drug-likeness (QED) is 0.325. The second-order valence-corrected chi connectivity index (χ2v) is 7.98. The van der Waals surface area contributed by atoms with E-state index in [0.29, 0.717) is 41.2 Å². The van der Waals surface area contributed by atoms with Crippen LogP contribution >= 0.6 is 0 Å². The van der Waals surface area contributed by atoms with Crippen molar-refractivity contribution < 1.29 is 4.79 Å². The molecule has 0 unspecified atom stereocenters. The zero-order valence-corrected chi connectivity index (χ0v) is 18.2. The van der Waals surface area contributed by atoms with Gasteiger partial charge in [0.25, 0.3) is 5.91 Å². The summed E-state index contributed by atoms with van der Waals surface area (Å²) in [4.78, 5) is 29.8. The van der Waals surface area contributed by atoms with E-state index in [4.69, 9.17) is 10.7 Å². The van der Waals surface area contributed by atoms with Crippen molar-refractivity contribution in [3.05, 3.63) is 65.7 Å². The first kappa shape index (κ1) is 19.9. The van der Waals surface area contributed by atoms with Gasteiger partial charge in [0.15, 0.2) is 17.5 Å². The average Bonchev–Trinajstić information content (AvgIpc) is 3.45. The van der Waals surface area contributed by atoms with E-state index in [-0.39, 0.29) is 11.9 Å². The van der Waals surface area contributed by atoms with Crippen LogP contribution in [0.2, 0.25) is 0 Å². The number of fused-ring (bicyclic) bond motifs is 2. The van der Waals surface area contributed by atoms with Crippen molar-refractivity contribution in [2.45, 2.75) is 13.3 Å². The van der Waals surface area contributed by atoms with E-state index in [0.717, 1.165) is 28.7 Å². The fourth-order valence-corrected chi connectivity index (χ4v) is 4.18. The van der Waals surface area contributed by atoms with Gasteiger partial charge in [-0.2, -0.15) is 15.1 Å². The Morgan fingerprint density at radius 1 is 1.06 bits per heavy atom. The zero-order chi connectivity index (χ0) is 23.2. The summed E-state index contributed by atoms with van der Waals surface area (Å²) >= 11 is 0. The molecule has 1 amide bonds. The van der Waals surface area contributed by atoms with Crippen molar-refractivity contribution >= 4 is 29.1 Å². The van der Waals surface area contributed by atoms with Crippen molar-refractivity contribution in [2.75, 3.05) is 17.6 Å². The molecule has 6 rings (SSSR count). The summed E-state index contributed by atoms with van der Waals surface area (Å²) in [6.07, 6.45) is 4.50. The van der Waals surface area contributed by atoms with E-state index >= 15 is 0 Å². The minimum atomic E-state index is -0.0305. The molecule has 5 heterocycles. The predicted octanol–water partition coefficient (Wildman–Crippen LogP) is 2.50. The Hall–Kier alpha value is -4.80. The largest absolute Gasteiger partial charge is 0.368 e. The van der Waals surface area contributed by atoms with Gasteiger partial charge in [-0.3, -0.25) is 14.3 Å². The van der Waals surface area contributed by atoms with Gasteiger partial charge in [0.2, 0.25) is 5.95 Å². The number of aryl methyl sites for hydroxylation is 1. The lowest BCUT2D eigenvalue weighted by atomic mass is 9.95. The summed E-state index contributed by atoms with van der Waals surface area (Å²) in [6, 6.07) is 11.6. The molecular formula is C23H20N10O. The highest BCUT2D eigenvalue weighted by molar-refractivity contribution is 5.97. The van der Waals surface area contributed by atoms with Gasteiger partial charge in [-0.15, -0.1) is 0 Å². The molecule has 11 heteroatoms. The second kappa shape index (κ2) is 7.66. The molecule has 5 N–H and O–H groups in total. The van der Waals surface area contributed by atoms with Crippen molar-refractivity contribution in [3.63, 3.8) is 0 Å². The van der Waals surface area contributed by atoms with Gasteiger partial charge in [-0.05, 0) is 48.2 Å². The Bertz CT molecular complexity index is 1530. The number of nitrogens with two attached hydrogens (primary N) is 1. The number of carbonyl (C=O) groups is 1. The maximum absolute atomic E-state index is 12.1. The van der Waals surface area contributed by atoms with Crippen LogP contribution in [0.25, 0.3) is 28.3 Å². The first-order valence-electron chi connectivity index (χ1n) is 10.7. The SMILES string of the molecule is Cc1nc(N)nc(-c2c(Nc3cc[nH]n3)nc3ccc(-c4ccc5c(c4)CCNC5=O)cn23)n1. The maximum Gasteiger partial charge on any atom is 0.251 e. The van der Waals surface area contributed by atoms with Crippen LogP contribution in [0.4, 0.5) is 17.6 Å². The van der Waals surface area contributed by atoms with Crippen LogP contribution in [0.1, 0.15) is 21.7 Å². The summed E-state index contributed by atoms with van der Waals surface area (Å²) in [5, 5.41) is 13.1. The molecule has 4 aromatic heterocycles. The van der Waals surface area contributed by atoms with Gasteiger partial charge in [0.05, 0.1) is 0 Å². The first-order chi connectivity index (χ1) is 16.5. The minimum absolute atomic E-state index is 0.0305.